The molecule has 126 valence electrons. The SMILES string of the molecule is CCOc1ccc(OCC(=O)NNC(=O)c2ccc(F)cc2)cc1. The average molecular weight is 332 g/mol. The van der Waals surface area contributed by atoms with E-state index in [-0.39, 0.29) is 12.2 Å². The summed E-state index contributed by atoms with van der Waals surface area (Å²) >= 11 is 0. The van der Waals surface area contributed by atoms with Crippen LogP contribution in [0.4, 0.5) is 4.39 Å². The molecule has 7 heteroatoms. The van der Waals surface area contributed by atoms with E-state index >= 15 is 0 Å². The third-order valence-corrected chi connectivity index (χ3v) is 2.93. The van der Waals surface area contributed by atoms with Gasteiger partial charge in [0.2, 0.25) is 0 Å². The molecule has 0 aliphatic carbocycles. The molecule has 6 nitrogen and oxygen atoms in total. The van der Waals surface area contributed by atoms with E-state index in [0.29, 0.717) is 18.1 Å². The summed E-state index contributed by atoms with van der Waals surface area (Å²) in [6.07, 6.45) is 0. The highest BCUT2D eigenvalue weighted by Crippen LogP contribution is 2.17. The largest absolute Gasteiger partial charge is 0.494 e. The first-order valence-corrected chi connectivity index (χ1v) is 7.29. The summed E-state index contributed by atoms with van der Waals surface area (Å²) in [5.41, 5.74) is 4.66. The zero-order valence-electron chi connectivity index (χ0n) is 13.0. The number of hydrogen-bond donors (Lipinski definition) is 2. The highest BCUT2D eigenvalue weighted by molar-refractivity contribution is 5.95. The molecule has 0 atom stereocenters. The van der Waals surface area contributed by atoms with Crippen molar-refractivity contribution in [2.75, 3.05) is 13.2 Å². The van der Waals surface area contributed by atoms with Crippen LogP contribution < -0.4 is 20.3 Å². The average Bonchev–Trinajstić information content (AvgIpc) is 2.60. The van der Waals surface area contributed by atoms with Crippen LogP contribution in [0, 0.1) is 5.82 Å². The van der Waals surface area contributed by atoms with E-state index < -0.39 is 17.6 Å². The number of benzene rings is 2. The second-order valence-electron chi connectivity index (χ2n) is 4.70. The monoisotopic (exact) mass is 332 g/mol. The van der Waals surface area contributed by atoms with E-state index in [2.05, 4.69) is 10.9 Å². The number of hydrogen-bond acceptors (Lipinski definition) is 4. The predicted octanol–water partition coefficient (Wildman–Crippen LogP) is 2.06. The Labute approximate surface area is 138 Å². The minimum Gasteiger partial charge on any atom is -0.494 e. The first-order valence-electron chi connectivity index (χ1n) is 7.29. The summed E-state index contributed by atoms with van der Waals surface area (Å²) in [6.45, 7) is 2.18. The van der Waals surface area contributed by atoms with Gasteiger partial charge in [0.15, 0.2) is 6.61 Å². The first kappa shape index (κ1) is 17.3. The van der Waals surface area contributed by atoms with Crippen molar-refractivity contribution in [3.8, 4) is 11.5 Å². The first-order chi connectivity index (χ1) is 11.6. The third-order valence-electron chi connectivity index (χ3n) is 2.93. The number of halogens is 1. The molecular formula is C17H17FN2O4. The maximum Gasteiger partial charge on any atom is 0.276 e. The number of nitrogens with one attached hydrogen (secondary N) is 2. The second-order valence-corrected chi connectivity index (χ2v) is 4.70. The molecule has 2 rings (SSSR count). The van der Waals surface area contributed by atoms with Crippen molar-refractivity contribution in [3.05, 3.63) is 59.9 Å². The molecule has 0 saturated heterocycles. The Kier molecular flexibility index (Phi) is 6.13. The highest BCUT2D eigenvalue weighted by atomic mass is 19.1. The molecule has 0 fully saturated rings. The zero-order chi connectivity index (χ0) is 17.4. The maximum atomic E-state index is 12.8. The molecular weight excluding hydrogens is 315 g/mol. The fourth-order valence-corrected chi connectivity index (χ4v) is 1.78. The summed E-state index contributed by atoms with van der Waals surface area (Å²) in [5, 5.41) is 0. The fraction of sp³-hybridized carbons (Fsp3) is 0.176. The molecule has 0 aromatic heterocycles. The van der Waals surface area contributed by atoms with Crippen LogP contribution in [0.25, 0.3) is 0 Å². The lowest BCUT2D eigenvalue weighted by Crippen LogP contribution is -2.43. The minimum absolute atomic E-state index is 0.226. The van der Waals surface area contributed by atoms with Crippen LogP contribution in [0.3, 0.4) is 0 Å². The lowest BCUT2D eigenvalue weighted by Gasteiger charge is -2.09. The molecule has 2 amide bonds. The van der Waals surface area contributed by atoms with E-state index in [0.717, 1.165) is 12.1 Å². The summed E-state index contributed by atoms with van der Waals surface area (Å²) in [7, 11) is 0. The van der Waals surface area contributed by atoms with Crippen molar-refractivity contribution in [1.82, 2.24) is 10.9 Å². The number of amides is 2. The molecule has 0 unspecified atom stereocenters. The Morgan fingerprint density at radius 3 is 2.08 bits per heavy atom. The Hall–Kier alpha value is -3.09. The Morgan fingerprint density at radius 2 is 1.50 bits per heavy atom. The summed E-state index contributed by atoms with van der Waals surface area (Å²) < 4.78 is 23.3. The van der Waals surface area contributed by atoms with Crippen molar-refractivity contribution in [3.63, 3.8) is 0 Å². The molecule has 0 radical (unpaired) electrons. The quantitative estimate of drug-likeness (QED) is 0.794. The smallest absolute Gasteiger partial charge is 0.276 e. The van der Waals surface area contributed by atoms with Crippen LogP contribution in [0.15, 0.2) is 48.5 Å². The number of carbonyl (C=O) groups is 2. The molecule has 0 aliphatic heterocycles. The van der Waals surface area contributed by atoms with Crippen LogP contribution in [-0.2, 0) is 4.79 Å². The van der Waals surface area contributed by atoms with Crippen LogP contribution in [0.2, 0.25) is 0 Å². The summed E-state index contributed by atoms with van der Waals surface area (Å²) in [6, 6.07) is 11.8. The van der Waals surface area contributed by atoms with Gasteiger partial charge in [0.25, 0.3) is 11.8 Å². The van der Waals surface area contributed by atoms with E-state index in [1.54, 1.807) is 24.3 Å². The van der Waals surface area contributed by atoms with Crippen LogP contribution in [0.5, 0.6) is 11.5 Å². The Balaban J connectivity index is 1.74. The molecule has 0 heterocycles. The Bertz CT molecular complexity index is 687. The van der Waals surface area contributed by atoms with E-state index in [4.69, 9.17) is 9.47 Å². The van der Waals surface area contributed by atoms with Crippen LogP contribution in [0.1, 0.15) is 17.3 Å². The molecule has 0 saturated carbocycles. The van der Waals surface area contributed by atoms with Crippen molar-refractivity contribution in [2.45, 2.75) is 6.92 Å². The van der Waals surface area contributed by atoms with Gasteiger partial charge in [-0.25, -0.2) is 4.39 Å². The van der Waals surface area contributed by atoms with Crippen LogP contribution in [-0.4, -0.2) is 25.0 Å². The van der Waals surface area contributed by atoms with Gasteiger partial charge < -0.3 is 9.47 Å². The van der Waals surface area contributed by atoms with Crippen molar-refractivity contribution in [2.24, 2.45) is 0 Å². The van der Waals surface area contributed by atoms with Crippen molar-refractivity contribution >= 4 is 11.8 Å². The van der Waals surface area contributed by atoms with Gasteiger partial charge in [-0.05, 0) is 55.5 Å². The van der Waals surface area contributed by atoms with Gasteiger partial charge in [0, 0.05) is 5.56 Å². The minimum atomic E-state index is -0.551. The van der Waals surface area contributed by atoms with Crippen molar-refractivity contribution in [1.29, 1.82) is 0 Å². The lowest BCUT2D eigenvalue weighted by atomic mass is 10.2. The molecule has 2 aromatic carbocycles. The number of carbonyl (C=O) groups excluding carboxylic acids is 2. The summed E-state index contributed by atoms with van der Waals surface area (Å²) in [5.74, 6) is -0.317. The van der Waals surface area contributed by atoms with Gasteiger partial charge in [0.1, 0.15) is 17.3 Å². The molecule has 0 aliphatic rings. The number of ether oxygens (including phenoxy) is 2. The number of hydrazine groups is 1. The molecule has 0 spiro atoms. The van der Waals surface area contributed by atoms with Gasteiger partial charge >= 0.3 is 0 Å². The van der Waals surface area contributed by atoms with E-state index in [1.807, 2.05) is 6.92 Å². The Morgan fingerprint density at radius 1 is 0.917 bits per heavy atom. The van der Waals surface area contributed by atoms with Gasteiger partial charge in [-0.15, -0.1) is 0 Å². The third kappa shape index (κ3) is 5.28. The van der Waals surface area contributed by atoms with Gasteiger partial charge in [0.05, 0.1) is 6.61 Å². The molecule has 24 heavy (non-hydrogen) atoms. The summed E-state index contributed by atoms with van der Waals surface area (Å²) in [4.78, 5) is 23.4. The predicted molar refractivity (Wildman–Crippen MR) is 85.1 cm³/mol. The van der Waals surface area contributed by atoms with Crippen molar-refractivity contribution < 1.29 is 23.5 Å². The molecule has 2 aromatic rings. The van der Waals surface area contributed by atoms with E-state index in [9.17, 15) is 14.0 Å². The van der Waals surface area contributed by atoms with Gasteiger partial charge in [-0.1, -0.05) is 0 Å². The lowest BCUT2D eigenvalue weighted by molar-refractivity contribution is -0.123. The molecule has 0 bridgehead atoms. The topological polar surface area (TPSA) is 76.7 Å². The van der Waals surface area contributed by atoms with Gasteiger partial charge in [-0.3, -0.25) is 20.4 Å². The fourth-order valence-electron chi connectivity index (χ4n) is 1.78. The van der Waals surface area contributed by atoms with E-state index in [1.165, 1.54) is 12.1 Å². The van der Waals surface area contributed by atoms with Gasteiger partial charge in [-0.2, -0.15) is 0 Å². The molecule has 2 N–H and O–H groups in total. The zero-order valence-corrected chi connectivity index (χ0v) is 13.0. The number of rotatable bonds is 6. The second kappa shape index (κ2) is 8.52. The normalized spacial score (nSPS) is 9.92. The highest BCUT2D eigenvalue weighted by Gasteiger charge is 2.08. The maximum absolute atomic E-state index is 12.8. The van der Waals surface area contributed by atoms with Crippen LogP contribution >= 0.6 is 0 Å². The standard InChI is InChI=1S/C17H17FN2O4/c1-2-23-14-7-9-15(10-8-14)24-11-16(21)19-20-17(22)12-3-5-13(18)6-4-12/h3-10H,2,11H2,1H3,(H,19,21)(H,20,22).